The molecular weight excluding hydrogens is 248 g/mol. The molecule has 0 bridgehead atoms. The molecule has 0 atom stereocenters. The Bertz CT molecular complexity index is 724. The highest BCUT2D eigenvalue weighted by atomic mass is 16.2. The molecule has 0 saturated heterocycles. The second-order valence-electron chi connectivity index (χ2n) is 4.22. The van der Waals surface area contributed by atoms with E-state index in [1.807, 2.05) is 6.92 Å². The van der Waals surface area contributed by atoms with E-state index in [2.05, 4.69) is 15.4 Å². The first kappa shape index (κ1) is 12.9. The molecule has 0 saturated carbocycles. The van der Waals surface area contributed by atoms with Crippen LogP contribution in [0.4, 0.5) is 17.2 Å². The van der Waals surface area contributed by atoms with Gasteiger partial charge in [-0.05, 0) is 6.42 Å². The average molecular weight is 264 g/mol. The number of anilines is 3. The van der Waals surface area contributed by atoms with Gasteiger partial charge in [0.2, 0.25) is 0 Å². The van der Waals surface area contributed by atoms with Crippen molar-refractivity contribution in [2.45, 2.75) is 13.3 Å². The molecule has 8 nitrogen and oxygen atoms in total. The highest BCUT2D eigenvalue weighted by Gasteiger charge is 2.13. The van der Waals surface area contributed by atoms with Crippen LogP contribution in [0.1, 0.15) is 12.6 Å². The van der Waals surface area contributed by atoms with Crippen molar-refractivity contribution in [1.82, 2.24) is 19.3 Å². The summed E-state index contributed by atoms with van der Waals surface area (Å²) in [4.78, 5) is 25.4. The van der Waals surface area contributed by atoms with E-state index in [0.29, 0.717) is 12.1 Å². The van der Waals surface area contributed by atoms with E-state index >= 15 is 0 Å². The molecule has 102 valence electrons. The molecule has 0 fully saturated rings. The summed E-state index contributed by atoms with van der Waals surface area (Å²) < 4.78 is 2.82. The van der Waals surface area contributed by atoms with Gasteiger partial charge in [0, 0.05) is 20.3 Å². The minimum Gasteiger partial charge on any atom is -0.383 e. The van der Waals surface area contributed by atoms with Gasteiger partial charge in [-0.25, -0.2) is 4.79 Å². The van der Waals surface area contributed by atoms with E-state index in [1.54, 1.807) is 17.9 Å². The predicted octanol–water partition coefficient (Wildman–Crippen LogP) is -0.305. The number of aromatic nitrogens is 4. The third kappa shape index (κ3) is 2.24. The summed E-state index contributed by atoms with van der Waals surface area (Å²) in [5.74, 6) is 0.0830. The molecule has 2 aromatic heterocycles. The van der Waals surface area contributed by atoms with Crippen LogP contribution in [0.2, 0.25) is 0 Å². The van der Waals surface area contributed by atoms with Crippen LogP contribution in [0.15, 0.2) is 15.8 Å². The van der Waals surface area contributed by atoms with Gasteiger partial charge in [-0.1, -0.05) is 6.92 Å². The number of nitrogens with two attached hydrogens (primary N) is 1. The third-order valence-electron chi connectivity index (χ3n) is 2.87. The number of H-pyrrole nitrogens is 1. The number of hydrogen-bond donors (Lipinski definition) is 3. The molecule has 0 amide bonds. The molecule has 4 N–H and O–H groups in total. The Morgan fingerprint density at radius 1 is 1.42 bits per heavy atom. The number of hydrogen-bond acceptors (Lipinski definition) is 5. The molecule has 0 aliphatic rings. The van der Waals surface area contributed by atoms with Crippen LogP contribution >= 0.6 is 0 Å². The van der Waals surface area contributed by atoms with Crippen LogP contribution in [0.25, 0.3) is 0 Å². The number of nitrogens with zero attached hydrogens (tertiary/aromatic N) is 3. The van der Waals surface area contributed by atoms with Crippen LogP contribution in [0.5, 0.6) is 0 Å². The Labute approximate surface area is 108 Å². The zero-order chi connectivity index (χ0) is 14.2. The molecule has 0 aromatic carbocycles. The monoisotopic (exact) mass is 264 g/mol. The first-order valence-electron chi connectivity index (χ1n) is 5.82. The second-order valence-corrected chi connectivity index (χ2v) is 4.22. The highest BCUT2D eigenvalue weighted by molar-refractivity contribution is 5.69. The molecule has 8 heteroatoms. The second kappa shape index (κ2) is 4.63. The van der Waals surface area contributed by atoms with E-state index in [0.717, 1.165) is 5.69 Å². The standard InChI is InChI=1S/C11H16N6O2/c1-4-6-7(5-16(2)15-6)13-8-9(12)17(3)11(19)14-10(8)18/h5,13H,4,12H2,1-3H3,(H,14,18,19). The predicted molar refractivity (Wildman–Crippen MR) is 72.6 cm³/mol. The van der Waals surface area contributed by atoms with Gasteiger partial charge in [0.1, 0.15) is 11.5 Å². The van der Waals surface area contributed by atoms with Crippen molar-refractivity contribution in [3.8, 4) is 0 Å². The summed E-state index contributed by atoms with van der Waals surface area (Å²) in [5.41, 5.74) is 6.34. The van der Waals surface area contributed by atoms with Crippen molar-refractivity contribution in [3.63, 3.8) is 0 Å². The molecule has 0 aliphatic carbocycles. The first-order valence-corrected chi connectivity index (χ1v) is 5.82. The zero-order valence-corrected chi connectivity index (χ0v) is 11.0. The molecule has 0 spiro atoms. The lowest BCUT2D eigenvalue weighted by Crippen LogP contribution is -2.31. The van der Waals surface area contributed by atoms with Crippen LogP contribution in [0, 0.1) is 0 Å². The van der Waals surface area contributed by atoms with Crippen molar-refractivity contribution in [1.29, 1.82) is 0 Å². The fourth-order valence-electron chi connectivity index (χ4n) is 1.79. The van der Waals surface area contributed by atoms with E-state index in [9.17, 15) is 9.59 Å². The third-order valence-corrected chi connectivity index (χ3v) is 2.87. The van der Waals surface area contributed by atoms with E-state index < -0.39 is 11.2 Å². The van der Waals surface area contributed by atoms with Gasteiger partial charge < -0.3 is 11.1 Å². The lowest BCUT2D eigenvalue weighted by Gasteiger charge is -2.10. The van der Waals surface area contributed by atoms with Gasteiger partial charge in [-0.3, -0.25) is 19.0 Å². The molecular formula is C11H16N6O2. The molecule has 2 rings (SSSR count). The Balaban J connectivity index is 2.52. The average Bonchev–Trinajstić information content (AvgIpc) is 2.72. The molecule has 2 heterocycles. The summed E-state index contributed by atoms with van der Waals surface area (Å²) in [5, 5.41) is 7.19. The Morgan fingerprint density at radius 3 is 2.74 bits per heavy atom. The maximum Gasteiger partial charge on any atom is 0.329 e. The van der Waals surface area contributed by atoms with E-state index in [-0.39, 0.29) is 11.5 Å². The molecule has 0 aliphatic heterocycles. The van der Waals surface area contributed by atoms with Gasteiger partial charge >= 0.3 is 5.69 Å². The number of aromatic amines is 1. The quantitative estimate of drug-likeness (QED) is 0.704. The van der Waals surface area contributed by atoms with E-state index in [1.165, 1.54) is 11.6 Å². The van der Waals surface area contributed by atoms with Crippen molar-refractivity contribution in [2.75, 3.05) is 11.1 Å². The molecule has 2 aromatic rings. The summed E-state index contributed by atoms with van der Waals surface area (Å²) in [7, 11) is 3.28. The molecule has 0 unspecified atom stereocenters. The van der Waals surface area contributed by atoms with E-state index in [4.69, 9.17) is 5.73 Å². The summed E-state index contributed by atoms with van der Waals surface area (Å²) in [6.07, 6.45) is 2.47. The SMILES string of the molecule is CCc1nn(C)cc1Nc1c(N)n(C)c(=O)[nH]c1=O. The normalized spacial score (nSPS) is 10.7. The summed E-state index contributed by atoms with van der Waals surface area (Å²) >= 11 is 0. The lowest BCUT2D eigenvalue weighted by molar-refractivity contribution is 0.746. The summed E-state index contributed by atoms with van der Waals surface area (Å²) in [6, 6.07) is 0. The van der Waals surface area contributed by atoms with Crippen molar-refractivity contribution >= 4 is 17.2 Å². The maximum absolute atomic E-state index is 11.8. The minimum atomic E-state index is -0.550. The van der Waals surface area contributed by atoms with Gasteiger partial charge in [0.05, 0.1) is 11.4 Å². The maximum atomic E-state index is 11.8. The Kier molecular flexibility index (Phi) is 3.16. The van der Waals surface area contributed by atoms with Crippen molar-refractivity contribution in [3.05, 3.63) is 32.7 Å². The number of aryl methyl sites for hydroxylation is 2. The Hall–Kier alpha value is -2.51. The fraction of sp³-hybridized carbons (Fsp3) is 0.364. The highest BCUT2D eigenvalue weighted by Crippen LogP contribution is 2.20. The van der Waals surface area contributed by atoms with Crippen molar-refractivity contribution < 1.29 is 0 Å². The Morgan fingerprint density at radius 2 is 2.11 bits per heavy atom. The molecule has 19 heavy (non-hydrogen) atoms. The summed E-state index contributed by atoms with van der Waals surface area (Å²) in [6.45, 7) is 1.96. The lowest BCUT2D eigenvalue weighted by atomic mass is 10.3. The topological polar surface area (TPSA) is 111 Å². The van der Waals surface area contributed by atoms with Gasteiger partial charge in [0.15, 0.2) is 0 Å². The number of nitrogen functional groups attached to an aromatic ring is 1. The van der Waals surface area contributed by atoms with Gasteiger partial charge in [-0.15, -0.1) is 0 Å². The fourth-order valence-corrected chi connectivity index (χ4v) is 1.79. The first-order chi connectivity index (χ1) is 8.93. The molecule has 0 radical (unpaired) electrons. The number of rotatable bonds is 3. The number of nitrogens with one attached hydrogen (secondary N) is 2. The largest absolute Gasteiger partial charge is 0.383 e. The zero-order valence-electron chi connectivity index (χ0n) is 11.0. The van der Waals surface area contributed by atoms with Gasteiger partial charge in [-0.2, -0.15) is 5.10 Å². The minimum absolute atomic E-state index is 0.0830. The van der Waals surface area contributed by atoms with Crippen LogP contribution < -0.4 is 22.3 Å². The van der Waals surface area contributed by atoms with Crippen molar-refractivity contribution in [2.24, 2.45) is 14.1 Å². The van der Waals surface area contributed by atoms with Gasteiger partial charge in [0.25, 0.3) is 5.56 Å². The van der Waals surface area contributed by atoms with Crippen LogP contribution in [-0.2, 0) is 20.5 Å². The smallest absolute Gasteiger partial charge is 0.329 e. The van der Waals surface area contributed by atoms with Crippen LogP contribution in [-0.4, -0.2) is 19.3 Å². The van der Waals surface area contributed by atoms with Crippen LogP contribution in [0.3, 0.4) is 0 Å².